The molecule has 2 aliphatic rings. The van der Waals surface area contributed by atoms with Gasteiger partial charge in [0, 0.05) is 12.8 Å². The summed E-state index contributed by atoms with van der Waals surface area (Å²) in [6, 6.07) is 5.41. The first-order valence-electron chi connectivity index (χ1n) is 8.96. The van der Waals surface area contributed by atoms with Crippen molar-refractivity contribution in [1.29, 1.82) is 0 Å². The van der Waals surface area contributed by atoms with Gasteiger partial charge < -0.3 is 20.2 Å². The van der Waals surface area contributed by atoms with Gasteiger partial charge in [-0.3, -0.25) is 14.1 Å². The highest BCUT2D eigenvalue weighted by Gasteiger charge is 2.37. The summed E-state index contributed by atoms with van der Waals surface area (Å²) >= 11 is 0. The highest BCUT2D eigenvalue weighted by molar-refractivity contribution is 7.85. The molecular weight excluding hydrogens is 422 g/mol. The standard InChI is InChI=1S/C17H19N3O9S/c21-12-5-6-13(22)20(12)29-17(24)19-15-11-4-1-3-10(9-11)14(15)18-16(23)28-7-2-8-30(25,26)27/h1,3-4,9,14-15H,2,5-8H2,(H,18,23)(H,19,24)(H,25,26,27). The van der Waals surface area contributed by atoms with E-state index in [1.165, 1.54) is 0 Å². The number of benzene rings is 1. The molecule has 4 amide bonds. The molecule has 12 nitrogen and oxygen atoms in total. The summed E-state index contributed by atoms with van der Waals surface area (Å²) in [6.45, 7) is -0.241. The van der Waals surface area contributed by atoms with E-state index in [4.69, 9.17) is 14.1 Å². The Kier molecular flexibility index (Phi) is 6.22. The molecule has 1 aromatic rings. The van der Waals surface area contributed by atoms with Gasteiger partial charge in [0.05, 0.1) is 24.4 Å². The molecule has 0 radical (unpaired) electrons. The van der Waals surface area contributed by atoms with Crippen LogP contribution in [0, 0.1) is 0 Å². The number of rotatable bonds is 7. The minimum absolute atomic E-state index is 0.0378. The lowest BCUT2D eigenvalue weighted by Crippen LogP contribution is -2.42. The lowest BCUT2D eigenvalue weighted by molar-refractivity contribution is -0.171. The number of hydroxylamine groups is 2. The fourth-order valence-electron chi connectivity index (χ4n) is 3.13. The van der Waals surface area contributed by atoms with E-state index in [1.807, 2.05) is 0 Å². The number of amides is 4. The van der Waals surface area contributed by atoms with Crippen molar-refractivity contribution in [2.45, 2.75) is 31.3 Å². The fraction of sp³-hybridized carbons (Fsp3) is 0.412. The van der Waals surface area contributed by atoms with Crippen LogP contribution in [-0.4, -0.2) is 54.4 Å². The van der Waals surface area contributed by atoms with Crippen LogP contribution in [0.2, 0.25) is 0 Å². The van der Waals surface area contributed by atoms with Gasteiger partial charge in [0.25, 0.3) is 21.9 Å². The normalized spacial score (nSPS) is 20.2. The van der Waals surface area contributed by atoms with E-state index in [1.54, 1.807) is 24.3 Å². The summed E-state index contributed by atoms with van der Waals surface area (Å²) in [7, 11) is -4.15. The van der Waals surface area contributed by atoms with Crippen LogP contribution in [0.25, 0.3) is 0 Å². The molecule has 3 rings (SSSR count). The number of nitrogens with one attached hydrogen (secondary N) is 2. The van der Waals surface area contributed by atoms with Gasteiger partial charge in [0.1, 0.15) is 0 Å². The topological polar surface area (TPSA) is 168 Å². The minimum atomic E-state index is -4.15. The van der Waals surface area contributed by atoms with E-state index in [-0.39, 0.29) is 25.9 Å². The lowest BCUT2D eigenvalue weighted by atomic mass is 10.1. The first kappa shape index (κ1) is 21.5. The SMILES string of the molecule is O=C(NC1c2cccc(c2)C1NC(=O)ON1C(=O)CCC1=O)OCCCS(=O)(=O)O. The Bertz CT molecular complexity index is 962. The van der Waals surface area contributed by atoms with E-state index in [0.717, 1.165) is 0 Å². The second-order valence-electron chi connectivity index (χ2n) is 6.65. The fourth-order valence-corrected chi connectivity index (χ4v) is 3.62. The second-order valence-corrected chi connectivity index (χ2v) is 8.22. The van der Waals surface area contributed by atoms with Crippen LogP contribution in [0.1, 0.15) is 42.5 Å². The number of carbonyl (C=O) groups excluding carboxylic acids is 4. The van der Waals surface area contributed by atoms with Gasteiger partial charge in [-0.25, -0.2) is 9.59 Å². The summed E-state index contributed by atoms with van der Waals surface area (Å²) in [4.78, 5) is 52.2. The van der Waals surface area contributed by atoms with Crippen LogP contribution in [-0.2, 0) is 29.3 Å². The molecule has 2 unspecified atom stereocenters. The zero-order valence-corrected chi connectivity index (χ0v) is 16.4. The van der Waals surface area contributed by atoms with Crippen molar-refractivity contribution in [2.75, 3.05) is 12.4 Å². The van der Waals surface area contributed by atoms with Gasteiger partial charge in [-0.05, 0) is 17.5 Å². The van der Waals surface area contributed by atoms with Crippen molar-refractivity contribution in [1.82, 2.24) is 15.7 Å². The van der Waals surface area contributed by atoms with E-state index in [2.05, 4.69) is 10.6 Å². The molecule has 2 bridgehead atoms. The molecule has 0 saturated carbocycles. The monoisotopic (exact) mass is 441 g/mol. The molecule has 3 N–H and O–H groups in total. The third-order valence-corrected chi connectivity index (χ3v) is 5.27. The van der Waals surface area contributed by atoms with E-state index in [0.29, 0.717) is 16.2 Å². The Balaban J connectivity index is 1.57. The molecule has 0 aromatic heterocycles. The number of hydrogen-bond acceptors (Lipinski definition) is 8. The molecule has 13 heteroatoms. The van der Waals surface area contributed by atoms with Crippen molar-refractivity contribution in [2.24, 2.45) is 0 Å². The molecule has 1 aromatic carbocycles. The van der Waals surface area contributed by atoms with Gasteiger partial charge in [-0.1, -0.05) is 24.3 Å². The maximum absolute atomic E-state index is 12.2. The van der Waals surface area contributed by atoms with Crippen LogP contribution >= 0.6 is 0 Å². The second kappa shape index (κ2) is 8.67. The molecule has 1 heterocycles. The van der Waals surface area contributed by atoms with Gasteiger partial charge in [-0.2, -0.15) is 8.42 Å². The largest absolute Gasteiger partial charge is 0.450 e. The van der Waals surface area contributed by atoms with Gasteiger partial charge in [0.15, 0.2) is 0 Å². The van der Waals surface area contributed by atoms with Crippen molar-refractivity contribution >= 4 is 34.1 Å². The highest BCUT2D eigenvalue weighted by atomic mass is 32.2. The van der Waals surface area contributed by atoms with Crippen LogP contribution in [0.3, 0.4) is 0 Å². The minimum Gasteiger partial charge on any atom is -0.450 e. The lowest BCUT2D eigenvalue weighted by Gasteiger charge is -2.24. The Morgan fingerprint density at radius 2 is 1.63 bits per heavy atom. The number of alkyl carbamates (subject to hydrolysis) is 1. The molecule has 1 aliphatic carbocycles. The number of nitrogens with zero attached hydrogens (tertiary/aromatic N) is 1. The molecule has 1 saturated heterocycles. The summed E-state index contributed by atoms with van der Waals surface area (Å²) in [6.07, 6.45) is -2.06. The highest BCUT2D eigenvalue weighted by Crippen LogP contribution is 2.36. The van der Waals surface area contributed by atoms with E-state index in [9.17, 15) is 27.6 Å². The predicted molar refractivity (Wildman–Crippen MR) is 98.1 cm³/mol. The van der Waals surface area contributed by atoms with Gasteiger partial charge >= 0.3 is 12.2 Å². The van der Waals surface area contributed by atoms with Crippen molar-refractivity contribution in [3.8, 4) is 0 Å². The summed E-state index contributed by atoms with van der Waals surface area (Å²) in [5.41, 5.74) is 1.32. The summed E-state index contributed by atoms with van der Waals surface area (Å²) in [5.74, 6) is -1.79. The molecular formula is C17H19N3O9S. The molecule has 162 valence electrons. The van der Waals surface area contributed by atoms with Crippen LogP contribution < -0.4 is 10.6 Å². The third-order valence-electron chi connectivity index (χ3n) is 4.47. The van der Waals surface area contributed by atoms with E-state index >= 15 is 0 Å². The first-order valence-corrected chi connectivity index (χ1v) is 10.6. The smallest absolute Gasteiger partial charge is 0.432 e. The Morgan fingerprint density at radius 1 is 1.07 bits per heavy atom. The number of carbonyl (C=O) groups is 4. The molecule has 0 spiro atoms. The zero-order chi connectivity index (χ0) is 21.9. The van der Waals surface area contributed by atoms with Crippen LogP contribution in [0.5, 0.6) is 0 Å². The maximum atomic E-state index is 12.2. The third kappa shape index (κ3) is 5.24. The molecule has 1 aliphatic heterocycles. The first-order chi connectivity index (χ1) is 14.1. The van der Waals surface area contributed by atoms with Crippen molar-refractivity contribution in [3.05, 3.63) is 35.4 Å². The Labute approximate surface area is 171 Å². The summed E-state index contributed by atoms with van der Waals surface area (Å²) < 4.78 is 34.9. The molecule has 1 fully saturated rings. The average molecular weight is 441 g/mol. The van der Waals surface area contributed by atoms with Crippen molar-refractivity contribution in [3.63, 3.8) is 0 Å². The predicted octanol–water partition coefficient (Wildman–Crippen LogP) is 0.577. The molecule has 30 heavy (non-hydrogen) atoms. The average Bonchev–Trinajstić information content (AvgIpc) is 3.09. The zero-order valence-electron chi connectivity index (χ0n) is 15.6. The van der Waals surface area contributed by atoms with Crippen LogP contribution in [0.15, 0.2) is 24.3 Å². The van der Waals surface area contributed by atoms with Crippen LogP contribution in [0.4, 0.5) is 9.59 Å². The van der Waals surface area contributed by atoms with E-state index < -0.39 is 52.0 Å². The quantitative estimate of drug-likeness (QED) is 0.311. The Morgan fingerprint density at radius 3 is 2.20 bits per heavy atom. The van der Waals surface area contributed by atoms with Gasteiger partial charge in [-0.15, -0.1) is 5.06 Å². The van der Waals surface area contributed by atoms with Gasteiger partial charge in [0.2, 0.25) is 0 Å². The number of hydrogen-bond donors (Lipinski definition) is 3. The molecule has 2 atom stereocenters. The summed E-state index contributed by atoms with van der Waals surface area (Å²) in [5, 5.41) is 5.48. The van der Waals surface area contributed by atoms with Crippen molar-refractivity contribution < 1.29 is 41.7 Å². The Hall–Kier alpha value is -3.19. The number of imide groups is 1. The maximum Gasteiger partial charge on any atom is 0.432 e. The number of ether oxygens (including phenoxy) is 1. The number of fused-ring (bicyclic) bond motifs is 2.